The molecular formula is C11H9N5. The van der Waals surface area contributed by atoms with Crippen LogP contribution in [0.1, 0.15) is 0 Å². The Kier molecular flexibility index (Phi) is 2.14. The maximum Gasteiger partial charge on any atom is 0.211 e. The number of pyridine rings is 1. The van der Waals surface area contributed by atoms with Crippen molar-refractivity contribution in [3.8, 4) is 0 Å². The lowest BCUT2D eigenvalue weighted by atomic mass is 10.4. The van der Waals surface area contributed by atoms with Crippen LogP contribution in [0.5, 0.6) is 0 Å². The van der Waals surface area contributed by atoms with Crippen LogP contribution in [0.4, 0.5) is 11.6 Å². The van der Waals surface area contributed by atoms with E-state index in [2.05, 4.69) is 29.0 Å². The predicted molar refractivity (Wildman–Crippen MR) is 60.2 cm³/mol. The molecule has 3 heterocycles. The van der Waals surface area contributed by atoms with E-state index in [1.54, 1.807) is 22.2 Å². The van der Waals surface area contributed by atoms with Crippen LogP contribution in [0.3, 0.4) is 0 Å². The summed E-state index contributed by atoms with van der Waals surface area (Å²) in [7, 11) is 0. The summed E-state index contributed by atoms with van der Waals surface area (Å²) < 4.78 is 0. The summed E-state index contributed by atoms with van der Waals surface area (Å²) in [6.45, 7) is 5.86. The number of nitrogens with zero attached hydrogens (tertiary/aromatic N) is 3. The van der Waals surface area contributed by atoms with Crippen molar-refractivity contribution in [3.63, 3.8) is 0 Å². The molecule has 16 heavy (non-hydrogen) atoms. The van der Waals surface area contributed by atoms with Crippen LogP contribution in [0.15, 0.2) is 43.0 Å². The Morgan fingerprint density at radius 3 is 1.94 bits per heavy atom. The van der Waals surface area contributed by atoms with E-state index in [4.69, 9.17) is 0 Å². The molecule has 0 saturated carbocycles. The van der Waals surface area contributed by atoms with Crippen LogP contribution in [-0.4, -0.2) is 4.98 Å². The van der Waals surface area contributed by atoms with Gasteiger partial charge in [-0.1, -0.05) is 6.07 Å². The average molecular weight is 211 g/mol. The summed E-state index contributed by atoms with van der Waals surface area (Å²) in [5.74, 6) is 1.61. The van der Waals surface area contributed by atoms with Gasteiger partial charge in [0, 0.05) is 24.8 Å². The molecule has 2 aliphatic heterocycles. The zero-order valence-electron chi connectivity index (χ0n) is 8.38. The molecule has 4 radical (unpaired) electrons. The van der Waals surface area contributed by atoms with Crippen molar-refractivity contribution in [2.45, 2.75) is 0 Å². The number of hydrogen-bond donors (Lipinski definition) is 2. The van der Waals surface area contributed by atoms with Gasteiger partial charge in [0.05, 0.1) is 0 Å². The van der Waals surface area contributed by atoms with Crippen LogP contribution in [0.2, 0.25) is 0 Å². The molecule has 1 aromatic rings. The van der Waals surface area contributed by atoms with Crippen LogP contribution in [-0.2, 0) is 0 Å². The molecular weight excluding hydrogens is 202 g/mol. The van der Waals surface area contributed by atoms with Crippen molar-refractivity contribution in [3.05, 3.63) is 56.3 Å². The molecule has 78 valence electrons. The molecule has 0 atom stereocenters. The van der Waals surface area contributed by atoms with Crippen LogP contribution < -0.4 is 20.4 Å². The van der Waals surface area contributed by atoms with E-state index in [-0.39, 0.29) is 0 Å². The van der Waals surface area contributed by atoms with E-state index < -0.39 is 0 Å². The Hall–Kier alpha value is -2.17. The minimum Gasteiger partial charge on any atom is -0.360 e. The van der Waals surface area contributed by atoms with Crippen molar-refractivity contribution < 1.29 is 0 Å². The second kappa shape index (κ2) is 3.77. The standard InChI is InChI=1S/C11H9N5/c1-2-10(15-6-4-12-8-15)14-11(3-1)16-7-5-13-9-16/h1-7,12-13H. The molecule has 0 aromatic carbocycles. The molecule has 5 heteroatoms. The van der Waals surface area contributed by atoms with Gasteiger partial charge in [-0.25, -0.2) is 4.98 Å². The molecule has 2 N–H and O–H groups in total. The summed E-state index contributed by atoms with van der Waals surface area (Å²) in [4.78, 5) is 8.06. The lowest BCUT2D eigenvalue weighted by Gasteiger charge is -2.16. The summed E-state index contributed by atoms with van der Waals surface area (Å²) in [5.41, 5.74) is 0. The van der Waals surface area contributed by atoms with E-state index >= 15 is 0 Å². The maximum absolute atomic E-state index is 4.48. The Balaban J connectivity index is 1.87. The number of nitrogens with one attached hydrogen (secondary N) is 2. The molecule has 2 aliphatic rings. The molecule has 0 bridgehead atoms. The van der Waals surface area contributed by atoms with Crippen molar-refractivity contribution in [2.24, 2.45) is 0 Å². The van der Waals surface area contributed by atoms with Gasteiger partial charge in [-0.15, -0.1) is 0 Å². The zero-order valence-corrected chi connectivity index (χ0v) is 8.38. The first-order valence-electron chi connectivity index (χ1n) is 4.85. The van der Waals surface area contributed by atoms with Gasteiger partial charge in [0.2, 0.25) is 13.3 Å². The van der Waals surface area contributed by atoms with Gasteiger partial charge in [0.25, 0.3) is 0 Å². The highest BCUT2D eigenvalue weighted by Crippen LogP contribution is 2.21. The van der Waals surface area contributed by atoms with Crippen molar-refractivity contribution in [1.29, 1.82) is 0 Å². The molecule has 3 rings (SSSR count). The second-order valence-corrected chi connectivity index (χ2v) is 3.24. The molecule has 0 fully saturated rings. The van der Waals surface area contributed by atoms with E-state index in [0.717, 1.165) is 11.6 Å². The molecule has 1 aromatic heterocycles. The SMILES string of the molecule is [C]1NC=CN1c1cccc(N2[C]NC=C2)n1. The van der Waals surface area contributed by atoms with E-state index in [9.17, 15) is 0 Å². The van der Waals surface area contributed by atoms with E-state index in [1.165, 1.54) is 0 Å². The number of hydrogen-bond acceptors (Lipinski definition) is 5. The Labute approximate surface area is 94.1 Å². The van der Waals surface area contributed by atoms with Gasteiger partial charge in [-0.05, 0) is 12.1 Å². The quantitative estimate of drug-likeness (QED) is 0.758. The highest BCUT2D eigenvalue weighted by atomic mass is 15.3. The van der Waals surface area contributed by atoms with Gasteiger partial charge in [-0.2, -0.15) is 0 Å². The fraction of sp³-hybridized carbons (Fsp3) is 0. The maximum atomic E-state index is 4.48. The van der Waals surface area contributed by atoms with Gasteiger partial charge in [0.15, 0.2) is 0 Å². The molecule has 0 saturated heterocycles. The number of anilines is 2. The second-order valence-electron chi connectivity index (χ2n) is 3.24. The minimum absolute atomic E-state index is 0.806. The van der Waals surface area contributed by atoms with E-state index in [0.29, 0.717) is 0 Å². The van der Waals surface area contributed by atoms with Crippen molar-refractivity contribution in [2.75, 3.05) is 9.80 Å². The highest BCUT2D eigenvalue weighted by molar-refractivity contribution is 5.55. The molecule has 0 aliphatic carbocycles. The lowest BCUT2D eigenvalue weighted by Crippen LogP contribution is -2.17. The largest absolute Gasteiger partial charge is 0.360 e. The van der Waals surface area contributed by atoms with Crippen molar-refractivity contribution in [1.82, 2.24) is 15.6 Å². The minimum atomic E-state index is 0.806. The summed E-state index contributed by atoms with van der Waals surface area (Å²) in [6.07, 6.45) is 7.31. The Morgan fingerprint density at radius 1 is 0.938 bits per heavy atom. The topological polar surface area (TPSA) is 43.4 Å². The van der Waals surface area contributed by atoms with E-state index in [1.807, 2.05) is 30.6 Å². The molecule has 0 spiro atoms. The third-order valence-corrected chi connectivity index (χ3v) is 2.20. The van der Waals surface area contributed by atoms with Gasteiger partial charge in [-0.3, -0.25) is 9.80 Å². The lowest BCUT2D eigenvalue weighted by molar-refractivity contribution is 0.989. The van der Waals surface area contributed by atoms with Crippen LogP contribution in [0, 0.1) is 13.3 Å². The summed E-state index contributed by atoms with van der Waals surface area (Å²) >= 11 is 0. The third kappa shape index (κ3) is 1.56. The van der Waals surface area contributed by atoms with Gasteiger partial charge < -0.3 is 10.6 Å². The molecule has 0 unspecified atom stereocenters. The zero-order chi connectivity index (χ0) is 10.8. The van der Waals surface area contributed by atoms with Crippen molar-refractivity contribution >= 4 is 11.6 Å². The first-order chi connectivity index (χ1) is 7.93. The van der Waals surface area contributed by atoms with Crippen LogP contribution >= 0.6 is 0 Å². The van der Waals surface area contributed by atoms with Gasteiger partial charge >= 0.3 is 0 Å². The number of rotatable bonds is 2. The number of aromatic nitrogens is 1. The summed E-state index contributed by atoms with van der Waals surface area (Å²) in [6, 6.07) is 5.78. The monoisotopic (exact) mass is 211 g/mol. The van der Waals surface area contributed by atoms with Crippen LogP contribution in [0.25, 0.3) is 0 Å². The fourth-order valence-corrected chi connectivity index (χ4v) is 1.46. The molecule has 0 amide bonds. The first kappa shape index (κ1) is 9.08. The normalized spacial score (nSPS) is 17.8. The predicted octanol–water partition coefficient (Wildman–Crippen LogP) is 0.836. The summed E-state index contributed by atoms with van der Waals surface area (Å²) in [5, 5.41) is 5.72. The smallest absolute Gasteiger partial charge is 0.211 e. The molecule has 5 nitrogen and oxygen atoms in total. The Morgan fingerprint density at radius 2 is 1.50 bits per heavy atom. The fourth-order valence-electron chi connectivity index (χ4n) is 1.46. The Bertz CT molecular complexity index is 403. The van der Waals surface area contributed by atoms with Gasteiger partial charge in [0.1, 0.15) is 11.6 Å². The first-order valence-corrected chi connectivity index (χ1v) is 4.85. The third-order valence-electron chi connectivity index (χ3n) is 2.20. The highest BCUT2D eigenvalue weighted by Gasteiger charge is 2.14. The average Bonchev–Trinajstić information content (AvgIpc) is 3.03.